The van der Waals surface area contributed by atoms with Crippen molar-refractivity contribution in [1.82, 2.24) is 19.4 Å². The van der Waals surface area contributed by atoms with Crippen LogP contribution in [0.1, 0.15) is 25.7 Å². The van der Waals surface area contributed by atoms with Crippen molar-refractivity contribution >= 4 is 16.8 Å². The third-order valence-corrected chi connectivity index (χ3v) is 6.50. The van der Waals surface area contributed by atoms with Gasteiger partial charge < -0.3 is 18.9 Å². The lowest BCUT2D eigenvalue weighted by molar-refractivity contribution is -0.152. The fraction of sp³-hybridized carbons (Fsp3) is 0.571. The lowest BCUT2D eigenvalue weighted by Gasteiger charge is -2.50. The van der Waals surface area contributed by atoms with E-state index in [9.17, 15) is 9.59 Å². The Morgan fingerprint density at radius 3 is 2.48 bits per heavy atom. The summed E-state index contributed by atoms with van der Waals surface area (Å²) in [6, 6.07) is 3.46. The molecule has 0 N–H and O–H groups in total. The summed E-state index contributed by atoms with van der Waals surface area (Å²) in [5.41, 5.74) is 0.0418. The van der Waals surface area contributed by atoms with E-state index in [4.69, 9.17) is 9.47 Å². The molecule has 2 heterocycles. The molecular weight excluding hydrogens is 372 g/mol. The largest absolute Gasteiger partial charge is 0.493 e. The summed E-state index contributed by atoms with van der Waals surface area (Å²) in [7, 11) is 7.18. The Bertz CT molecular complexity index is 994. The van der Waals surface area contributed by atoms with E-state index in [1.54, 1.807) is 26.3 Å². The van der Waals surface area contributed by atoms with Gasteiger partial charge in [-0.25, -0.2) is 4.98 Å². The molecule has 1 aromatic heterocycles. The van der Waals surface area contributed by atoms with E-state index < -0.39 is 5.54 Å². The van der Waals surface area contributed by atoms with Crippen LogP contribution in [-0.2, 0) is 11.8 Å². The van der Waals surface area contributed by atoms with Gasteiger partial charge in [0.15, 0.2) is 11.5 Å². The summed E-state index contributed by atoms with van der Waals surface area (Å²) < 4.78 is 13.2. The topological polar surface area (TPSA) is 76.9 Å². The number of piperazine rings is 1. The molecule has 1 amide bonds. The van der Waals surface area contributed by atoms with E-state index in [1.807, 2.05) is 19.0 Å². The van der Waals surface area contributed by atoms with Gasteiger partial charge in [-0.1, -0.05) is 0 Å². The molecule has 2 aliphatic rings. The van der Waals surface area contributed by atoms with E-state index in [2.05, 4.69) is 9.88 Å². The zero-order valence-corrected chi connectivity index (χ0v) is 17.5. The molecular formula is C21H28N4O4. The molecule has 0 radical (unpaired) electrons. The molecule has 0 bridgehead atoms. The molecule has 2 fully saturated rings. The number of ether oxygens (including phenoxy) is 2. The zero-order chi connectivity index (χ0) is 20.8. The quantitative estimate of drug-likeness (QED) is 0.775. The van der Waals surface area contributed by atoms with E-state index in [0.717, 1.165) is 38.8 Å². The first kappa shape index (κ1) is 19.7. The third kappa shape index (κ3) is 3.25. The predicted molar refractivity (Wildman–Crippen MR) is 109 cm³/mol. The van der Waals surface area contributed by atoms with Crippen molar-refractivity contribution in [2.75, 3.05) is 34.3 Å². The molecule has 4 rings (SSSR count). The molecule has 0 atom stereocenters. The fourth-order valence-corrected chi connectivity index (χ4v) is 4.57. The number of carbonyl (C=O) groups excluding carboxylic acids is 1. The monoisotopic (exact) mass is 400 g/mol. The van der Waals surface area contributed by atoms with Crippen LogP contribution in [0.5, 0.6) is 11.5 Å². The number of rotatable bonds is 3. The number of hydrogen-bond donors (Lipinski definition) is 0. The lowest BCUT2D eigenvalue weighted by atomic mass is 9.77. The van der Waals surface area contributed by atoms with Crippen molar-refractivity contribution in [3.8, 4) is 11.5 Å². The lowest BCUT2D eigenvalue weighted by Crippen LogP contribution is -2.65. The Labute approximate surface area is 170 Å². The Hall–Kier alpha value is -2.61. The number of amides is 1. The molecule has 1 saturated carbocycles. The molecule has 29 heavy (non-hydrogen) atoms. The highest BCUT2D eigenvalue weighted by molar-refractivity contribution is 5.87. The van der Waals surface area contributed by atoms with Crippen LogP contribution in [0.4, 0.5) is 0 Å². The first-order valence-corrected chi connectivity index (χ1v) is 10.0. The molecule has 1 saturated heterocycles. The molecule has 1 aliphatic heterocycles. The summed E-state index contributed by atoms with van der Waals surface area (Å²) in [5.74, 6) is 1.32. The van der Waals surface area contributed by atoms with Gasteiger partial charge in [0.2, 0.25) is 5.91 Å². The highest BCUT2D eigenvalue weighted by Gasteiger charge is 2.49. The maximum absolute atomic E-state index is 12.9. The SMILES string of the molecule is COc1cc2ncn(C)c(=O)c2cc1O[C@H]1CC[C@]2(CC1)C(=O)N(C)CCN2C. The van der Waals surface area contributed by atoms with Crippen molar-refractivity contribution in [3.05, 3.63) is 28.8 Å². The smallest absolute Gasteiger partial charge is 0.261 e. The third-order valence-electron chi connectivity index (χ3n) is 6.50. The summed E-state index contributed by atoms with van der Waals surface area (Å²) in [6.45, 7) is 1.66. The molecule has 156 valence electrons. The van der Waals surface area contributed by atoms with Gasteiger partial charge in [-0.15, -0.1) is 0 Å². The van der Waals surface area contributed by atoms with Crippen molar-refractivity contribution in [2.45, 2.75) is 37.3 Å². The van der Waals surface area contributed by atoms with Gasteiger partial charge in [0.25, 0.3) is 5.56 Å². The van der Waals surface area contributed by atoms with Crippen molar-refractivity contribution in [2.24, 2.45) is 7.05 Å². The molecule has 0 unspecified atom stereocenters. The highest BCUT2D eigenvalue weighted by atomic mass is 16.5. The second-order valence-electron chi connectivity index (χ2n) is 8.18. The molecule has 1 aromatic carbocycles. The Morgan fingerprint density at radius 2 is 1.79 bits per heavy atom. The van der Waals surface area contributed by atoms with Crippen molar-refractivity contribution in [3.63, 3.8) is 0 Å². The summed E-state index contributed by atoms with van der Waals surface area (Å²) in [6.07, 6.45) is 4.54. The van der Waals surface area contributed by atoms with Crippen LogP contribution >= 0.6 is 0 Å². The van der Waals surface area contributed by atoms with E-state index in [-0.39, 0.29) is 17.6 Å². The molecule has 8 heteroatoms. The van der Waals surface area contributed by atoms with E-state index >= 15 is 0 Å². The first-order valence-electron chi connectivity index (χ1n) is 10.0. The average molecular weight is 400 g/mol. The van der Waals surface area contributed by atoms with Gasteiger partial charge in [-0.3, -0.25) is 14.5 Å². The number of carbonyl (C=O) groups is 1. The van der Waals surface area contributed by atoms with Crippen LogP contribution in [0.2, 0.25) is 0 Å². The summed E-state index contributed by atoms with van der Waals surface area (Å²) >= 11 is 0. The number of hydrogen-bond acceptors (Lipinski definition) is 6. The van der Waals surface area contributed by atoms with Gasteiger partial charge in [0, 0.05) is 33.3 Å². The predicted octanol–water partition coefficient (Wildman–Crippen LogP) is 1.41. The number of aryl methyl sites for hydroxylation is 1. The number of aromatic nitrogens is 2. The number of fused-ring (bicyclic) bond motifs is 1. The first-order chi connectivity index (χ1) is 13.9. The van der Waals surface area contributed by atoms with Crippen LogP contribution < -0.4 is 15.0 Å². The normalized spacial score (nSPS) is 25.6. The van der Waals surface area contributed by atoms with Crippen LogP contribution in [0, 0.1) is 0 Å². The maximum atomic E-state index is 12.9. The van der Waals surface area contributed by atoms with Gasteiger partial charge in [0.1, 0.15) is 5.54 Å². The minimum absolute atomic E-state index is 0.0269. The number of methoxy groups -OCH3 is 1. The Balaban J connectivity index is 1.56. The van der Waals surface area contributed by atoms with Gasteiger partial charge in [-0.2, -0.15) is 0 Å². The van der Waals surface area contributed by atoms with Crippen LogP contribution in [0.15, 0.2) is 23.3 Å². The van der Waals surface area contributed by atoms with Gasteiger partial charge in [0.05, 0.1) is 30.4 Å². The summed E-state index contributed by atoms with van der Waals surface area (Å²) in [4.78, 5) is 33.7. The molecule has 2 aromatic rings. The minimum atomic E-state index is -0.416. The molecule has 8 nitrogen and oxygen atoms in total. The highest BCUT2D eigenvalue weighted by Crippen LogP contribution is 2.39. The maximum Gasteiger partial charge on any atom is 0.261 e. The van der Waals surface area contributed by atoms with Crippen LogP contribution in [-0.4, -0.2) is 71.2 Å². The number of likely N-dealkylation sites (N-methyl/N-ethyl adjacent to an activating group) is 2. The zero-order valence-electron chi connectivity index (χ0n) is 17.5. The van der Waals surface area contributed by atoms with Crippen LogP contribution in [0.25, 0.3) is 10.9 Å². The second kappa shape index (κ2) is 7.33. The Morgan fingerprint density at radius 1 is 1.07 bits per heavy atom. The van der Waals surface area contributed by atoms with Gasteiger partial charge in [-0.05, 0) is 38.8 Å². The van der Waals surface area contributed by atoms with Crippen molar-refractivity contribution < 1.29 is 14.3 Å². The molecule has 1 spiro atoms. The van der Waals surface area contributed by atoms with Crippen LogP contribution in [0.3, 0.4) is 0 Å². The standard InChI is InChI=1S/C21H28N4O4/c1-23-9-10-25(3)21(20(23)27)7-5-14(6-8-21)29-18-11-15-16(12-17(18)28-4)22-13-24(2)19(15)26/h11-14H,5-10H2,1-4H3/t14-,21-. The number of benzene rings is 1. The summed E-state index contributed by atoms with van der Waals surface area (Å²) in [5, 5.41) is 0.502. The second-order valence-corrected chi connectivity index (χ2v) is 8.18. The van der Waals surface area contributed by atoms with Crippen molar-refractivity contribution in [1.29, 1.82) is 0 Å². The van der Waals surface area contributed by atoms with E-state index in [1.165, 1.54) is 10.9 Å². The minimum Gasteiger partial charge on any atom is -0.493 e. The Kier molecular flexibility index (Phi) is 4.98. The fourth-order valence-electron chi connectivity index (χ4n) is 4.57. The number of nitrogens with zero attached hydrogens (tertiary/aromatic N) is 4. The van der Waals surface area contributed by atoms with Gasteiger partial charge >= 0.3 is 0 Å². The van der Waals surface area contributed by atoms with E-state index in [0.29, 0.717) is 22.4 Å². The molecule has 1 aliphatic carbocycles. The average Bonchev–Trinajstić information content (AvgIpc) is 2.73.